The summed E-state index contributed by atoms with van der Waals surface area (Å²) in [7, 11) is 0. The van der Waals surface area contributed by atoms with Crippen LogP contribution in [0.15, 0.2) is 121 Å². The number of para-hydroxylation sites is 1. The highest BCUT2D eigenvalue weighted by Gasteiger charge is 2.06. The van der Waals surface area contributed by atoms with Crippen LogP contribution in [0.3, 0.4) is 0 Å². The summed E-state index contributed by atoms with van der Waals surface area (Å²) in [5.41, 5.74) is 7.08. The van der Waals surface area contributed by atoms with E-state index in [1.807, 2.05) is 6.07 Å². The Hall–Kier alpha value is -3.84. The fourth-order valence-electron chi connectivity index (χ4n) is 3.75. The van der Waals surface area contributed by atoms with Gasteiger partial charge in [-0.1, -0.05) is 97.1 Å². The highest BCUT2D eigenvalue weighted by atomic mass is 14.9. The Bertz CT molecular complexity index is 1260. The van der Waals surface area contributed by atoms with Crippen molar-refractivity contribution in [2.45, 2.75) is 0 Å². The van der Waals surface area contributed by atoms with Crippen LogP contribution >= 0.6 is 0 Å². The van der Waals surface area contributed by atoms with Gasteiger partial charge in [-0.05, 0) is 51.7 Å². The Balaban J connectivity index is 1.52. The minimum absolute atomic E-state index is 1.09. The van der Waals surface area contributed by atoms with E-state index in [1.165, 1.54) is 33.0 Å². The first-order valence-electron chi connectivity index (χ1n) is 9.87. The van der Waals surface area contributed by atoms with Gasteiger partial charge in [0.15, 0.2) is 0 Å². The van der Waals surface area contributed by atoms with E-state index in [-0.39, 0.29) is 0 Å². The predicted octanol–water partition coefficient (Wildman–Crippen LogP) is 7.92. The smallest absolute Gasteiger partial charge is 0.0463 e. The maximum Gasteiger partial charge on any atom is 0.0463 e. The Morgan fingerprint density at radius 2 is 1.07 bits per heavy atom. The third-order valence-corrected chi connectivity index (χ3v) is 5.24. The van der Waals surface area contributed by atoms with Crippen molar-refractivity contribution >= 4 is 22.1 Å². The summed E-state index contributed by atoms with van der Waals surface area (Å²) >= 11 is 0. The molecule has 0 spiro atoms. The number of fused-ring (bicyclic) bond motifs is 1. The molecule has 5 rings (SSSR count). The van der Waals surface area contributed by atoms with Gasteiger partial charge in [0, 0.05) is 16.9 Å². The molecule has 0 heterocycles. The quantitative estimate of drug-likeness (QED) is 0.338. The van der Waals surface area contributed by atoms with Crippen molar-refractivity contribution in [3.05, 3.63) is 121 Å². The van der Waals surface area contributed by atoms with E-state index in [2.05, 4.69) is 121 Å². The lowest BCUT2D eigenvalue weighted by Gasteiger charge is -2.13. The molecule has 29 heavy (non-hydrogen) atoms. The average molecular weight is 371 g/mol. The first-order valence-corrected chi connectivity index (χ1v) is 9.87. The summed E-state index contributed by atoms with van der Waals surface area (Å²) in [6.07, 6.45) is 0. The summed E-state index contributed by atoms with van der Waals surface area (Å²) in [6, 6.07) is 42.7. The molecule has 0 saturated heterocycles. The van der Waals surface area contributed by atoms with Gasteiger partial charge in [0.05, 0.1) is 0 Å². The van der Waals surface area contributed by atoms with Crippen molar-refractivity contribution in [1.29, 1.82) is 0 Å². The zero-order chi connectivity index (χ0) is 19.5. The Morgan fingerprint density at radius 3 is 1.86 bits per heavy atom. The van der Waals surface area contributed by atoms with E-state index >= 15 is 0 Å². The van der Waals surface area contributed by atoms with Gasteiger partial charge < -0.3 is 5.32 Å². The second-order valence-electron chi connectivity index (χ2n) is 7.18. The molecule has 5 aromatic carbocycles. The summed E-state index contributed by atoms with van der Waals surface area (Å²) in [5.74, 6) is 0. The van der Waals surface area contributed by atoms with Crippen LogP contribution in [0.5, 0.6) is 0 Å². The highest BCUT2D eigenvalue weighted by molar-refractivity contribution is 5.91. The zero-order valence-electron chi connectivity index (χ0n) is 16.0. The van der Waals surface area contributed by atoms with Crippen molar-refractivity contribution in [3.8, 4) is 22.3 Å². The van der Waals surface area contributed by atoms with Crippen LogP contribution in [-0.4, -0.2) is 0 Å². The standard InChI is InChI=1S/C28H21N/c1-3-9-21(10-4-1)24-16-15-22-17-18-26(20-25(22)19-24)29-28-14-8-7-13-27(28)23-11-5-2-6-12-23/h1-20,29H. The van der Waals surface area contributed by atoms with Crippen LogP contribution in [0, 0.1) is 0 Å². The van der Waals surface area contributed by atoms with Crippen molar-refractivity contribution < 1.29 is 0 Å². The van der Waals surface area contributed by atoms with Crippen molar-refractivity contribution in [2.75, 3.05) is 5.32 Å². The molecule has 0 aliphatic rings. The third kappa shape index (κ3) is 3.63. The van der Waals surface area contributed by atoms with Crippen LogP contribution in [0.4, 0.5) is 11.4 Å². The topological polar surface area (TPSA) is 12.0 Å². The molecule has 0 aliphatic heterocycles. The van der Waals surface area contributed by atoms with E-state index in [9.17, 15) is 0 Å². The van der Waals surface area contributed by atoms with E-state index in [1.54, 1.807) is 0 Å². The fourth-order valence-corrected chi connectivity index (χ4v) is 3.75. The lowest BCUT2D eigenvalue weighted by Crippen LogP contribution is -1.93. The highest BCUT2D eigenvalue weighted by Crippen LogP contribution is 2.32. The number of nitrogens with one attached hydrogen (secondary N) is 1. The van der Waals surface area contributed by atoms with Crippen LogP contribution in [0.25, 0.3) is 33.0 Å². The van der Waals surface area contributed by atoms with Crippen molar-refractivity contribution in [2.24, 2.45) is 0 Å². The Morgan fingerprint density at radius 1 is 0.414 bits per heavy atom. The summed E-state index contributed by atoms with van der Waals surface area (Å²) in [5, 5.41) is 6.09. The molecule has 0 fully saturated rings. The second kappa shape index (κ2) is 7.65. The lowest BCUT2D eigenvalue weighted by molar-refractivity contribution is 1.54. The molecule has 0 bridgehead atoms. The third-order valence-electron chi connectivity index (χ3n) is 5.24. The van der Waals surface area contributed by atoms with Crippen LogP contribution in [0.1, 0.15) is 0 Å². The van der Waals surface area contributed by atoms with Gasteiger partial charge in [-0.3, -0.25) is 0 Å². The average Bonchev–Trinajstić information content (AvgIpc) is 2.80. The summed E-state index contributed by atoms with van der Waals surface area (Å²) in [4.78, 5) is 0. The zero-order valence-corrected chi connectivity index (χ0v) is 16.0. The molecule has 5 aromatic rings. The summed E-state index contributed by atoms with van der Waals surface area (Å²) in [6.45, 7) is 0. The van der Waals surface area contributed by atoms with Crippen LogP contribution < -0.4 is 5.32 Å². The number of rotatable bonds is 4. The maximum absolute atomic E-state index is 3.62. The second-order valence-corrected chi connectivity index (χ2v) is 7.18. The predicted molar refractivity (Wildman–Crippen MR) is 125 cm³/mol. The molecule has 0 aromatic heterocycles. The summed E-state index contributed by atoms with van der Waals surface area (Å²) < 4.78 is 0. The van der Waals surface area contributed by atoms with Crippen molar-refractivity contribution in [3.63, 3.8) is 0 Å². The lowest BCUT2D eigenvalue weighted by atomic mass is 10.0. The van der Waals surface area contributed by atoms with Gasteiger partial charge in [-0.25, -0.2) is 0 Å². The van der Waals surface area contributed by atoms with E-state index in [0.717, 1.165) is 11.4 Å². The van der Waals surface area contributed by atoms with E-state index in [0.29, 0.717) is 0 Å². The SMILES string of the molecule is c1ccc(-c2ccc3ccc(Nc4ccccc4-c4ccccc4)cc3c2)cc1. The number of benzene rings is 5. The number of hydrogen-bond acceptors (Lipinski definition) is 1. The molecule has 0 unspecified atom stereocenters. The Kier molecular flexibility index (Phi) is 4.56. The molecule has 1 nitrogen and oxygen atoms in total. The van der Waals surface area contributed by atoms with Crippen LogP contribution in [-0.2, 0) is 0 Å². The van der Waals surface area contributed by atoms with Gasteiger partial charge in [0.2, 0.25) is 0 Å². The molecule has 1 heteroatoms. The molecule has 0 aliphatic carbocycles. The van der Waals surface area contributed by atoms with Gasteiger partial charge >= 0.3 is 0 Å². The minimum Gasteiger partial charge on any atom is -0.355 e. The first kappa shape index (κ1) is 17.3. The molecular formula is C28H21N. The molecule has 138 valence electrons. The monoisotopic (exact) mass is 371 g/mol. The molecule has 0 radical (unpaired) electrons. The van der Waals surface area contributed by atoms with E-state index < -0.39 is 0 Å². The number of hydrogen-bond donors (Lipinski definition) is 1. The van der Waals surface area contributed by atoms with Gasteiger partial charge in [0.1, 0.15) is 0 Å². The molecular weight excluding hydrogens is 350 g/mol. The van der Waals surface area contributed by atoms with Crippen molar-refractivity contribution in [1.82, 2.24) is 0 Å². The van der Waals surface area contributed by atoms with E-state index in [4.69, 9.17) is 0 Å². The fraction of sp³-hybridized carbons (Fsp3) is 0. The molecule has 0 saturated carbocycles. The van der Waals surface area contributed by atoms with Gasteiger partial charge in [-0.2, -0.15) is 0 Å². The first-order chi connectivity index (χ1) is 14.4. The normalized spacial score (nSPS) is 10.8. The molecule has 1 N–H and O–H groups in total. The van der Waals surface area contributed by atoms with Gasteiger partial charge in [-0.15, -0.1) is 0 Å². The molecule has 0 amide bonds. The largest absolute Gasteiger partial charge is 0.355 e. The number of anilines is 2. The minimum atomic E-state index is 1.09. The Labute approximate surface area is 171 Å². The molecule has 0 atom stereocenters. The maximum atomic E-state index is 3.62. The van der Waals surface area contributed by atoms with Gasteiger partial charge in [0.25, 0.3) is 0 Å². The van der Waals surface area contributed by atoms with Crippen LogP contribution in [0.2, 0.25) is 0 Å².